The quantitative estimate of drug-likeness (QED) is 0.507. The average Bonchev–Trinajstić information content (AvgIpc) is 3.15. The van der Waals surface area contributed by atoms with E-state index in [1.807, 2.05) is 65.6 Å². The van der Waals surface area contributed by atoms with Crippen LogP contribution in [-0.4, -0.2) is 34.1 Å². The van der Waals surface area contributed by atoms with E-state index in [2.05, 4.69) is 12.1 Å². The van der Waals surface area contributed by atoms with E-state index in [-0.39, 0.29) is 37.1 Å². The maximum atomic E-state index is 13.3. The van der Waals surface area contributed by atoms with Crippen LogP contribution in [0.2, 0.25) is 0 Å². The van der Waals surface area contributed by atoms with Crippen molar-refractivity contribution in [3.63, 3.8) is 0 Å². The SMILES string of the molecule is O=C(c1ccc(CN2C(=O)CCC2=O)cc1)N(CCc1ccccc1)Cc1ccccc1. The molecular weight excluding hydrogens is 400 g/mol. The highest BCUT2D eigenvalue weighted by atomic mass is 16.2. The van der Waals surface area contributed by atoms with Crippen molar-refractivity contribution in [1.29, 1.82) is 0 Å². The molecule has 4 rings (SSSR count). The number of rotatable bonds is 8. The number of likely N-dealkylation sites (tertiary alicyclic amines) is 1. The van der Waals surface area contributed by atoms with Gasteiger partial charge < -0.3 is 4.90 Å². The average molecular weight is 427 g/mol. The fourth-order valence-electron chi connectivity index (χ4n) is 3.88. The van der Waals surface area contributed by atoms with Gasteiger partial charge in [0.25, 0.3) is 5.91 Å². The van der Waals surface area contributed by atoms with Gasteiger partial charge in [0, 0.05) is 31.5 Å². The fourth-order valence-corrected chi connectivity index (χ4v) is 3.88. The molecule has 0 aromatic heterocycles. The summed E-state index contributed by atoms with van der Waals surface area (Å²) in [6.45, 7) is 1.40. The Kier molecular flexibility index (Phi) is 6.75. The molecule has 0 saturated carbocycles. The molecule has 1 aliphatic rings. The Bertz CT molecular complexity index is 1060. The number of hydrogen-bond donors (Lipinski definition) is 0. The van der Waals surface area contributed by atoms with E-state index in [9.17, 15) is 14.4 Å². The van der Waals surface area contributed by atoms with E-state index in [0.29, 0.717) is 18.7 Å². The van der Waals surface area contributed by atoms with Crippen LogP contribution in [0.4, 0.5) is 0 Å². The first-order valence-electron chi connectivity index (χ1n) is 10.9. The number of hydrogen-bond acceptors (Lipinski definition) is 3. The fraction of sp³-hybridized carbons (Fsp3) is 0.222. The minimum atomic E-state index is -0.134. The molecule has 5 heteroatoms. The van der Waals surface area contributed by atoms with E-state index in [1.165, 1.54) is 10.5 Å². The van der Waals surface area contributed by atoms with Crippen molar-refractivity contribution in [3.05, 3.63) is 107 Å². The van der Waals surface area contributed by atoms with E-state index >= 15 is 0 Å². The Morgan fingerprint density at radius 3 is 1.88 bits per heavy atom. The summed E-state index contributed by atoms with van der Waals surface area (Å²) in [7, 11) is 0. The molecule has 0 bridgehead atoms. The molecule has 0 aliphatic carbocycles. The number of benzene rings is 3. The molecule has 5 nitrogen and oxygen atoms in total. The molecule has 3 aromatic carbocycles. The Morgan fingerprint density at radius 2 is 1.28 bits per heavy atom. The maximum Gasteiger partial charge on any atom is 0.254 e. The summed E-state index contributed by atoms with van der Waals surface area (Å²) in [6.07, 6.45) is 1.34. The van der Waals surface area contributed by atoms with Crippen LogP contribution in [0, 0.1) is 0 Å². The highest BCUT2D eigenvalue weighted by Crippen LogP contribution is 2.18. The largest absolute Gasteiger partial charge is 0.334 e. The van der Waals surface area contributed by atoms with E-state index < -0.39 is 0 Å². The van der Waals surface area contributed by atoms with Crippen molar-refractivity contribution in [2.45, 2.75) is 32.4 Å². The summed E-state index contributed by atoms with van der Waals surface area (Å²) in [5.74, 6) is -0.306. The third-order valence-corrected chi connectivity index (χ3v) is 5.71. The lowest BCUT2D eigenvalue weighted by Gasteiger charge is -2.23. The lowest BCUT2D eigenvalue weighted by molar-refractivity contribution is -0.139. The van der Waals surface area contributed by atoms with Crippen LogP contribution in [0.15, 0.2) is 84.9 Å². The molecule has 1 aliphatic heterocycles. The first-order chi connectivity index (χ1) is 15.6. The Balaban J connectivity index is 1.47. The normalized spacial score (nSPS) is 13.4. The molecule has 0 spiro atoms. The lowest BCUT2D eigenvalue weighted by Crippen LogP contribution is -2.32. The van der Waals surface area contributed by atoms with Crippen molar-refractivity contribution < 1.29 is 14.4 Å². The predicted octanol–water partition coefficient (Wildman–Crippen LogP) is 4.22. The highest BCUT2D eigenvalue weighted by molar-refractivity contribution is 6.01. The van der Waals surface area contributed by atoms with Crippen LogP contribution >= 0.6 is 0 Å². The molecule has 3 amide bonds. The predicted molar refractivity (Wildman–Crippen MR) is 123 cm³/mol. The summed E-state index contributed by atoms with van der Waals surface area (Å²) in [6, 6.07) is 27.3. The highest BCUT2D eigenvalue weighted by Gasteiger charge is 2.28. The van der Waals surface area contributed by atoms with Crippen LogP contribution in [-0.2, 0) is 29.1 Å². The zero-order valence-electron chi connectivity index (χ0n) is 17.9. The third-order valence-electron chi connectivity index (χ3n) is 5.71. The number of imide groups is 1. The summed E-state index contributed by atoms with van der Waals surface area (Å²) in [4.78, 5) is 40.2. The molecular formula is C27H26N2O3. The van der Waals surface area contributed by atoms with Crippen LogP contribution < -0.4 is 0 Å². The minimum absolute atomic E-state index is 0.0374. The van der Waals surface area contributed by atoms with Gasteiger partial charge in [-0.3, -0.25) is 19.3 Å². The van der Waals surface area contributed by atoms with Gasteiger partial charge in [0.15, 0.2) is 0 Å². The Morgan fingerprint density at radius 1 is 0.719 bits per heavy atom. The van der Waals surface area contributed by atoms with Gasteiger partial charge in [-0.05, 0) is 35.2 Å². The van der Waals surface area contributed by atoms with E-state index in [0.717, 1.165) is 17.5 Å². The number of carbonyl (C=O) groups is 3. The van der Waals surface area contributed by atoms with Crippen molar-refractivity contribution in [1.82, 2.24) is 9.80 Å². The molecule has 0 atom stereocenters. The summed E-state index contributed by atoms with van der Waals surface area (Å²) < 4.78 is 0. The van der Waals surface area contributed by atoms with Crippen molar-refractivity contribution in [3.8, 4) is 0 Å². The standard InChI is InChI=1S/C27H26N2O3/c30-25-15-16-26(31)29(25)20-23-11-13-24(14-12-23)27(32)28(19-22-9-5-2-6-10-22)18-17-21-7-3-1-4-8-21/h1-14H,15-20H2. The summed E-state index contributed by atoms with van der Waals surface area (Å²) >= 11 is 0. The maximum absolute atomic E-state index is 13.3. The van der Waals surface area contributed by atoms with Crippen molar-refractivity contribution in [2.24, 2.45) is 0 Å². The van der Waals surface area contributed by atoms with Gasteiger partial charge in [0.05, 0.1) is 6.54 Å². The molecule has 1 fully saturated rings. The Hall–Kier alpha value is -3.73. The van der Waals surface area contributed by atoms with Gasteiger partial charge in [-0.1, -0.05) is 72.8 Å². The molecule has 1 heterocycles. The smallest absolute Gasteiger partial charge is 0.254 e. The zero-order chi connectivity index (χ0) is 22.3. The molecule has 3 aromatic rings. The Labute approximate surface area is 188 Å². The monoisotopic (exact) mass is 426 g/mol. The number of nitrogens with zero attached hydrogens (tertiary/aromatic N) is 2. The lowest BCUT2D eigenvalue weighted by atomic mass is 10.1. The van der Waals surface area contributed by atoms with E-state index in [1.54, 1.807) is 12.1 Å². The van der Waals surface area contributed by atoms with Gasteiger partial charge in [0.2, 0.25) is 11.8 Å². The molecule has 0 unspecified atom stereocenters. The van der Waals surface area contributed by atoms with Gasteiger partial charge in [-0.25, -0.2) is 0 Å². The first kappa shape index (κ1) is 21.5. The van der Waals surface area contributed by atoms with Crippen LogP contribution in [0.25, 0.3) is 0 Å². The minimum Gasteiger partial charge on any atom is -0.334 e. The molecule has 162 valence electrons. The van der Waals surface area contributed by atoms with Gasteiger partial charge >= 0.3 is 0 Å². The molecule has 0 N–H and O–H groups in total. The zero-order valence-corrected chi connectivity index (χ0v) is 17.9. The third kappa shape index (κ3) is 5.30. The molecule has 1 saturated heterocycles. The van der Waals surface area contributed by atoms with Crippen molar-refractivity contribution in [2.75, 3.05) is 6.54 Å². The summed E-state index contributed by atoms with van der Waals surface area (Å²) in [5.41, 5.74) is 3.70. The van der Waals surface area contributed by atoms with Gasteiger partial charge in [-0.2, -0.15) is 0 Å². The van der Waals surface area contributed by atoms with E-state index in [4.69, 9.17) is 0 Å². The van der Waals surface area contributed by atoms with Crippen LogP contribution in [0.3, 0.4) is 0 Å². The number of amides is 3. The molecule has 0 radical (unpaired) electrons. The summed E-state index contributed by atoms with van der Waals surface area (Å²) in [5, 5.41) is 0. The second-order valence-corrected chi connectivity index (χ2v) is 8.02. The second kappa shape index (κ2) is 10.1. The van der Waals surface area contributed by atoms with Gasteiger partial charge in [-0.15, -0.1) is 0 Å². The first-order valence-corrected chi connectivity index (χ1v) is 10.9. The number of carbonyl (C=O) groups excluding carboxylic acids is 3. The van der Waals surface area contributed by atoms with Gasteiger partial charge in [0.1, 0.15) is 0 Å². The van der Waals surface area contributed by atoms with Crippen LogP contribution in [0.1, 0.15) is 39.9 Å². The molecule has 32 heavy (non-hydrogen) atoms. The second-order valence-electron chi connectivity index (χ2n) is 8.02. The van der Waals surface area contributed by atoms with Crippen LogP contribution in [0.5, 0.6) is 0 Å². The topological polar surface area (TPSA) is 57.7 Å². The van der Waals surface area contributed by atoms with Crippen molar-refractivity contribution >= 4 is 17.7 Å².